The van der Waals surface area contributed by atoms with Gasteiger partial charge in [0.1, 0.15) is 5.75 Å². The second-order valence-corrected chi connectivity index (χ2v) is 2.98. The maximum atomic E-state index is 10.2. The molecule has 0 fully saturated rings. The molecule has 0 aliphatic rings. The molecule has 0 aromatic rings. The van der Waals surface area contributed by atoms with Crippen LogP contribution in [-0.2, 0) is 11.2 Å². The van der Waals surface area contributed by atoms with Crippen molar-refractivity contribution in [2.45, 2.75) is 0 Å². The summed E-state index contributed by atoms with van der Waals surface area (Å²) in [7, 11) is 0. The van der Waals surface area contributed by atoms with Gasteiger partial charge in [-0.1, -0.05) is 11.2 Å². The monoisotopic (exact) mass is 141 g/mol. The highest BCUT2D eigenvalue weighted by atomic mass is 35.5. The van der Waals surface area contributed by atoms with Gasteiger partial charge in [0.2, 0.25) is 0 Å². The summed E-state index contributed by atoms with van der Waals surface area (Å²) in [4.78, 5) is 2.38. The molecule has 2 nitrogen and oxygen atoms in total. The molecule has 0 aromatic carbocycles. The summed E-state index contributed by atoms with van der Waals surface area (Å²) in [5.41, 5.74) is 0. The quantitative estimate of drug-likeness (QED) is 0.447. The molecule has 4 heteroatoms. The molecule has 1 N–H and O–H groups in total. The first kappa shape index (κ1) is 7.56. The molecule has 0 aliphatic heterocycles. The third-order valence-corrected chi connectivity index (χ3v) is 1.45. The van der Waals surface area contributed by atoms with Gasteiger partial charge in [-0.05, 0) is 11.8 Å². The van der Waals surface area contributed by atoms with E-state index in [1.54, 1.807) is 6.26 Å². The molecule has 0 aromatic heterocycles. The first-order chi connectivity index (χ1) is 3.27. The second-order valence-electron chi connectivity index (χ2n) is 1.16. The van der Waals surface area contributed by atoms with Crippen LogP contribution >= 0.6 is 11.8 Å². The zero-order valence-electron chi connectivity index (χ0n) is 4.11. The Balaban J connectivity index is 2.68. The molecule has 0 amide bonds. The van der Waals surface area contributed by atoms with Crippen LogP contribution in [0, 0.1) is 0 Å². The lowest BCUT2D eigenvalue weighted by Gasteiger charge is -2.00. The molecule has 0 saturated heterocycles. The minimum absolute atomic E-state index is 0.616. The van der Waals surface area contributed by atoms with Gasteiger partial charge < -0.3 is 4.55 Å². The molecule has 0 spiro atoms. The van der Waals surface area contributed by atoms with Crippen LogP contribution in [0.1, 0.15) is 0 Å². The standard InChI is InChI=1S/C3H8ClNOS/c1-7(6)3-2-5-4/h5H,2-3H2,1H3. The zero-order valence-corrected chi connectivity index (χ0v) is 5.68. The van der Waals surface area contributed by atoms with Gasteiger partial charge in [-0.15, -0.1) is 0 Å². The number of hydrogen-bond donors (Lipinski definition) is 1. The van der Waals surface area contributed by atoms with Crippen LogP contribution in [0.4, 0.5) is 0 Å². The van der Waals surface area contributed by atoms with E-state index in [-0.39, 0.29) is 0 Å². The molecule has 7 heavy (non-hydrogen) atoms. The third-order valence-electron chi connectivity index (χ3n) is 0.484. The van der Waals surface area contributed by atoms with E-state index in [1.165, 1.54) is 0 Å². The topological polar surface area (TPSA) is 35.1 Å². The largest absolute Gasteiger partial charge is 0.617 e. The van der Waals surface area contributed by atoms with Crippen LogP contribution in [0.25, 0.3) is 0 Å². The number of hydrogen-bond acceptors (Lipinski definition) is 2. The van der Waals surface area contributed by atoms with Crippen molar-refractivity contribution in [2.75, 3.05) is 18.6 Å². The Morgan fingerprint density at radius 2 is 2.43 bits per heavy atom. The van der Waals surface area contributed by atoms with Gasteiger partial charge in [-0.2, -0.15) is 0 Å². The maximum absolute atomic E-state index is 10.2. The van der Waals surface area contributed by atoms with Crippen molar-refractivity contribution in [2.24, 2.45) is 0 Å². The molecule has 0 saturated carbocycles. The maximum Gasteiger partial charge on any atom is 0.119 e. The van der Waals surface area contributed by atoms with Crippen molar-refractivity contribution in [1.29, 1.82) is 0 Å². The smallest absolute Gasteiger partial charge is 0.119 e. The summed E-state index contributed by atoms with van der Waals surface area (Å²) in [5.74, 6) is 0.628. The third kappa shape index (κ3) is 6.56. The van der Waals surface area contributed by atoms with Gasteiger partial charge in [-0.25, -0.2) is 4.84 Å². The van der Waals surface area contributed by atoms with E-state index >= 15 is 0 Å². The van der Waals surface area contributed by atoms with E-state index in [0.29, 0.717) is 12.3 Å². The molecule has 0 aliphatic carbocycles. The van der Waals surface area contributed by atoms with Crippen molar-refractivity contribution in [3.63, 3.8) is 0 Å². The summed E-state index contributed by atoms with van der Waals surface area (Å²) in [6.45, 7) is 0.616. The summed E-state index contributed by atoms with van der Waals surface area (Å²) in [6.07, 6.45) is 1.65. The summed E-state index contributed by atoms with van der Waals surface area (Å²) in [5, 5.41) is 0. The highest BCUT2D eigenvalue weighted by Gasteiger charge is 1.91. The van der Waals surface area contributed by atoms with E-state index < -0.39 is 11.2 Å². The molecule has 1 atom stereocenters. The van der Waals surface area contributed by atoms with Crippen LogP contribution in [0.15, 0.2) is 0 Å². The molecule has 0 bridgehead atoms. The lowest BCUT2D eigenvalue weighted by Crippen LogP contribution is -2.14. The second kappa shape index (κ2) is 4.71. The highest BCUT2D eigenvalue weighted by molar-refractivity contribution is 7.90. The van der Waals surface area contributed by atoms with E-state index in [0.717, 1.165) is 0 Å². The number of halogens is 1. The SMILES string of the molecule is C[S+]([O-])CCNCl. The van der Waals surface area contributed by atoms with Gasteiger partial charge in [0.15, 0.2) is 0 Å². The first-order valence-electron chi connectivity index (χ1n) is 1.91. The average Bonchev–Trinajstić information content (AvgIpc) is 1.61. The Hall–Kier alpha value is 0.560. The zero-order chi connectivity index (χ0) is 5.70. The molecular weight excluding hydrogens is 134 g/mol. The minimum Gasteiger partial charge on any atom is -0.617 e. The highest BCUT2D eigenvalue weighted by Crippen LogP contribution is 1.78. The predicted octanol–water partition coefficient (Wildman–Crippen LogP) is 0.108. The predicted molar refractivity (Wildman–Crippen MR) is 32.8 cm³/mol. The van der Waals surface area contributed by atoms with Crippen molar-refractivity contribution in [3.05, 3.63) is 0 Å². The number of rotatable bonds is 3. The Morgan fingerprint density at radius 1 is 1.86 bits per heavy atom. The van der Waals surface area contributed by atoms with E-state index in [2.05, 4.69) is 4.84 Å². The van der Waals surface area contributed by atoms with E-state index in [9.17, 15) is 4.55 Å². The Kier molecular flexibility index (Phi) is 5.09. The summed E-state index contributed by atoms with van der Waals surface area (Å²) >= 11 is 4.35. The van der Waals surface area contributed by atoms with Gasteiger partial charge in [0, 0.05) is 0 Å². The van der Waals surface area contributed by atoms with Crippen LogP contribution in [0.5, 0.6) is 0 Å². The van der Waals surface area contributed by atoms with Gasteiger partial charge >= 0.3 is 0 Å². The fraction of sp³-hybridized carbons (Fsp3) is 1.00. The Bertz CT molecular complexity index is 43.9. The molecule has 0 radical (unpaired) electrons. The normalized spacial score (nSPS) is 14.1. The van der Waals surface area contributed by atoms with Crippen LogP contribution in [0.3, 0.4) is 0 Å². The van der Waals surface area contributed by atoms with Gasteiger partial charge in [0.05, 0.1) is 12.8 Å². The van der Waals surface area contributed by atoms with E-state index in [4.69, 9.17) is 11.8 Å². The summed E-state index contributed by atoms with van der Waals surface area (Å²) in [6, 6.07) is 0. The minimum atomic E-state index is -0.712. The fourth-order valence-electron chi connectivity index (χ4n) is 0.182. The molecule has 0 heterocycles. The summed E-state index contributed by atoms with van der Waals surface area (Å²) < 4.78 is 10.2. The molecule has 1 unspecified atom stereocenters. The fourth-order valence-corrected chi connectivity index (χ4v) is 0.778. The lowest BCUT2D eigenvalue weighted by atomic mass is 10.8. The Morgan fingerprint density at radius 3 is 2.57 bits per heavy atom. The number of nitrogens with one attached hydrogen (secondary N) is 1. The van der Waals surface area contributed by atoms with Crippen molar-refractivity contribution in [1.82, 2.24) is 4.84 Å². The molecular formula is C3H8ClNOS. The van der Waals surface area contributed by atoms with E-state index in [1.807, 2.05) is 0 Å². The van der Waals surface area contributed by atoms with Crippen LogP contribution < -0.4 is 4.84 Å². The van der Waals surface area contributed by atoms with Crippen LogP contribution in [0.2, 0.25) is 0 Å². The van der Waals surface area contributed by atoms with Crippen molar-refractivity contribution < 1.29 is 4.55 Å². The van der Waals surface area contributed by atoms with Crippen molar-refractivity contribution >= 4 is 23.0 Å². The average molecular weight is 142 g/mol. The van der Waals surface area contributed by atoms with Crippen LogP contribution in [-0.4, -0.2) is 23.1 Å². The molecule has 0 rings (SSSR count). The van der Waals surface area contributed by atoms with Gasteiger partial charge in [0.25, 0.3) is 0 Å². The lowest BCUT2D eigenvalue weighted by molar-refractivity contribution is 0.600. The Labute approximate surface area is 51.5 Å². The molecule has 44 valence electrons. The first-order valence-corrected chi connectivity index (χ1v) is 4.01. The van der Waals surface area contributed by atoms with Crippen molar-refractivity contribution in [3.8, 4) is 0 Å². The van der Waals surface area contributed by atoms with Gasteiger partial charge in [-0.3, -0.25) is 0 Å².